The van der Waals surface area contributed by atoms with E-state index < -0.39 is 11.7 Å². The summed E-state index contributed by atoms with van der Waals surface area (Å²) in [6.45, 7) is 1.83. The van der Waals surface area contributed by atoms with Crippen molar-refractivity contribution in [3.63, 3.8) is 0 Å². The highest BCUT2D eigenvalue weighted by molar-refractivity contribution is 6.31. The molecule has 0 aliphatic rings. The van der Waals surface area contributed by atoms with Crippen molar-refractivity contribution >= 4 is 28.2 Å². The number of alkyl halides is 3. The van der Waals surface area contributed by atoms with Crippen LogP contribution < -0.4 is 10.6 Å². The van der Waals surface area contributed by atoms with E-state index in [4.69, 9.17) is 11.6 Å². The van der Waals surface area contributed by atoms with Gasteiger partial charge in [-0.1, -0.05) is 29.8 Å². The number of nitrogens with zero attached hydrogens (tertiary/aromatic N) is 1. The van der Waals surface area contributed by atoms with Gasteiger partial charge in [0.15, 0.2) is 0 Å². The van der Waals surface area contributed by atoms with Gasteiger partial charge in [0.25, 0.3) is 0 Å². The summed E-state index contributed by atoms with van der Waals surface area (Å²) in [4.78, 5) is 4.30. The second kappa shape index (κ2) is 8.59. The van der Waals surface area contributed by atoms with E-state index in [1.165, 1.54) is 12.1 Å². The molecule has 0 saturated heterocycles. The number of fused-ring (bicyclic) bond motifs is 1. The second-order valence-electron chi connectivity index (χ2n) is 6.18. The summed E-state index contributed by atoms with van der Waals surface area (Å²) in [6, 6.07) is 12.9. The van der Waals surface area contributed by atoms with E-state index in [1.807, 2.05) is 24.3 Å². The van der Waals surface area contributed by atoms with E-state index in [1.54, 1.807) is 12.3 Å². The van der Waals surface area contributed by atoms with Crippen LogP contribution in [0.4, 0.5) is 18.9 Å². The topological polar surface area (TPSA) is 37.0 Å². The number of benzene rings is 2. The Morgan fingerprint density at radius 2 is 1.85 bits per heavy atom. The molecule has 0 aliphatic heterocycles. The van der Waals surface area contributed by atoms with Crippen LogP contribution in [-0.4, -0.2) is 18.1 Å². The molecule has 0 radical (unpaired) electrons. The number of anilines is 1. The van der Waals surface area contributed by atoms with Crippen LogP contribution in [-0.2, 0) is 12.7 Å². The SMILES string of the molecule is FC(F)(F)c1cccc(CNCCCNc2ccnc3cc(Cl)ccc23)c1. The molecule has 2 N–H and O–H groups in total. The maximum Gasteiger partial charge on any atom is 0.416 e. The van der Waals surface area contributed by atoms with Crippen molar-refractivity contribution < 1.29 is 13.2 Å². The minimum Gasteiger partial charge on any atom is -0.384 e. The van der Waals surface area contributed by atoms with Gasteiger partial charge in [0, 0.05) is 35.4 Å². The first kappa shape index (κ1) is 19.5. The highest BCUT2D eigenvalue weighted by Crippen LogP contribution is 2.29. The van der Waals surface area contributed by atoms with Crippen molar-refractivity contribution in [2.24, 2.45) is 0 Å². The fourth-order valence-electron chi connectivity index (χ4n) is 2.80. The van der Waals surface area contributed by atoms with Gasteiger partial charge < -0.3 is 10.6 Å². The van der Waals surface area contributed by atoms with E-state index in [2.05, 4.69) is 15.6 Å². The molecular weight excluding hydrogens is 375 g/mol. The summed E-state index contributed by atoms with van der Waals surface area (Å²) >= 11 is 5.99. The summed E-state index contributed by atoms with van der Waals surface area (Å²) in [5, 5.41) is 8.18. The van der Waals surface area contributed by atoms with Gasteiger partial charge in [-0.2, -0.15) is 13.2 Å². The molecule has 7 heteroatoms. The summed E-state index contributed by atoms with van der Waals surface area (Å²) in [5.41, 5.74) is 1.81. The molecule has 3 nitrogen and oxygen atoms in total. The molecule has 1 heterocycles. The van der Waals surface area contributed by atoms with Gasteiger partial charge in [-0.15, -0.1) is 0 Å². The molecule has 0 saturated carbocycles. The summed E-state index contributed by atoms with van der Waals surface area (Å²) < 4.78 is 38.1. The zero-order chi connectivity index (χ0) is 19.3. The van der Waals surface area contributed by atoms with Crippen LogP contribution >= 0.6 is 11.6 Å². The van der Waals surface area contributed by atoms with Crippen LogP contribution in [0.5, 0.6) is 0 Å². The molecule has 142 valence electrons. The second-order valence-corrected chi connectivity index (χ2v) is 6.61. The number of pyridine rings is 1. The Bertz CT molecular complexity index is 912. The number of rotatable bonds is 7. The standard InChI is InChI=1S/C20H19ClF3N3/c21-16-5-6-17-18(7-10-27-19(17)12-16)26-9-2-8-25-13-14-3-1-4-15(11-14)20(22,23)24/h1,3-7,10-12,25H,2,8-9,13H2,(H,26,27). The van der Waals surface area contributed by atoms with Crippen LogP contribution in [0.25, 0.3) is 10.9 Å². The first-order chi connectivity index (χ1) is 12.9. The van der Waals surface area contributed by atoms with Crippen LogP contribution in [0.1, 0.15) is 17.5 Å². The van der Waals surface area contributed by atoms with Gasteiger partial charge >= 0.3 is 6.18 Å². The number of hydrogen-bond donors (Lipinski definition) is 2. The van der Waals surface area contributed by atoms with Crippen molar-refractivity contribution in [2.75, 3.05) is 18.4 Å². The van der Waals surface area contributed by atoms with Crippen molar-refractivity contribution in [2.45, 2.75) is 19.1 Å². The van der Waals surface area contributed by atoms with E-state index in [9.17, 15) is 13.2 Å². The van der Waals surface area contributed by atoms with Crippen molar-refractivity contribution in [1.29, 1.82) is 0 Å². The molecule has 0 amide bonds. The quantitative estimate of drug-likeness (QED) is 0.520. The van der Waals surface area contributed by atoms with E-state index in [-0.39, 0.29) is 0 Å². The third kappa shape index (κ3) is 5.34. The largest absolute Gasteiger partial charge is 0.416 e. The van der Waals surface area contributed by atoms with Crippen LogP contribution in [0.3, 0.4) is 0 Å². The summed E-state index contributed by atoms with van der Waals surface area (Å²) in [7, 11) is 0. The monoisotopic (exact) mass is 393 g/mol. The number of hydrogen-bond acceptors (Lipinski definition) is 3. The van der Waals surface area contributed by atoms with Crippen molar-refractivity contribution in [1.82, 2.24) is 10.3 Å². The van der Waals surface area contributed by atoms with Gasteiger partial charge in [0.05, 0.1) is 11.1 Å². The molecule has 0 bridgehead atoms. The zero-order valence-electron chi connectivity index (χ0n) is 14.5. The lowest BCUT2D eigenvalue weighted by atomic mass is 10.1. The summed E-state index contributed by atoms with van der Waals surface area (Å²) in [6.07, 6.45) is -1.75. The average molecular weight is 394 g/mol. The number of halogens is 4. The minimum absolute atomic E-state index is 0.403. The Morgan fingerprint density at radius 3 is 2.67 bits per heavy atom. The Balaban J connectivity index is 1.45. The van der Waals surface area contributed by atoms with Gasteiger partial charge in [-0.3, -0.25) is 4.98 Å². The molecular formula is C20H19ClF3N3. The fraction of sp³-hybridized carbons (Fsp3) is 0.250. The molecule has 0 fully saturated rings. The van der Waals surface area contributed by atoms with Crippen LogP contribution in [0.2, 0.25) is 5.02 Å². The van der Waals surface area contributed by atoms with E-state index in [0.717, 1.165) is 35.6 Å². The molecule has 1 aromatic heterocycles. The first-order valence-electron chi connectivity index (χ1n) is 8.58. The fourth-order valence-corrected chi connectivity index (χ4v) is 2.97. The third-order valence-corrected chi connectivity index (χ3v) is 4.37. The zero-order valence-corrected chi connectivity index (χ0v) is 15.2. The van der Waals surface area contributed by atoms with Gasteiger partial charge in [-0.05, 0) is 48.9 Å². The Hall–Kier alpha value is -2.31. The van der Waals surface area contributed by atoms with Crippen molar-refractivity contribution in [3.8, 4) is 0 Å². The lowest BCUT2D eigenvalue weighted by molar-refractivity contribution is -0.137. The lowest BCUT2D eigenvalue weighted by Gasteiger charge is -2.11. The highest BCUT2D eigenvalue weighted by Gasteiger charge is 2.30. The Labute approximate surface area is 160 Å². The minimum atomic E-state index is -4.31. The molecule has 0 atom stereocenters. The maximum atomic E-state index is 12.7. The predicted molar refractivity (Wildman–Crippen MR) is 103 cm³/mol. The summed E-state index contributed by atoms with van der Waals surface area (Å²) in [5.74, 6) is 0. The molecule has 0 spiro atoms. The molecule has 3 rings (SSSR count). The van der Waals surface area contributed by atoms with Crippen LogP contribution in [0, 0.1) is 0 Å². The number of aromatic nitrogens is 1. The van der Waals surface area contributed by atoms with Gasteiger partial charge in [0.2, 0.25) is 0 Å². The molecule has 2 aromatic carbocycles. The normalized spacial score (nSPS) is 11.7. The predicted octanol–water partition coefficient (Wildman–Crippen LogP) is 5.50. The molecule has 27 heavy (non-hydrogen) atoms. The van der Waals surface area contributed by atoms with Gasteiger partial charge in [-0.25, -0.2) is 0 Å². The van der Waals surface area contributed by atoms with E-state index >= 15 is 0 Å². The lowest BCUT2D eigenvalue weighted by Crippen LogP contribution is -2.18. The Kier molecular flexibility index (Phi) is 6.19. The first-order valence-corrected chi connectivity index (χ1v) is 8.96. The third-order valence-electron chi connectivity index (χ3n) is 4.13. The molecule has 0 unspecified atom stereocenters. The molecule has 0 aliphatic carbocycles. The highest BCUT2D eigenvalue weighted by atomic mass is 35.5. The van der Waals surface area contributed by atoms with Crippen LogP contribution in [0.15, 0.2) is 54.7 Å². The average Bonchev–Trinajstić information content (AvgIpc) is 2.64. The van der Waals surface area contributed by atoms with Gasteiger partial charge in [0.1, 0.15) is 0 Å². The maximum absolute atomic E-state index is 12.7. The molecule has 3 aromatic rings. The van der Waals surface area contributed by atoms with Crippen molar-refractivity contribution in [3.05, 3.63) is 70.9 Å². The smallest absolute Gasteiger partial charge is 0.384 e. The number of nitrogens with one attached hydrogen (secondary N) is 2. The van der Waals surface area contributed by atoms with E-state index in [0.29, 0.717) is 23.7 Å². The Morgan fingerprint density at radius 1 is 1.00 bits per heavy atom.